The number of rotatable bonds is 6. The summed E-state index contributed by atoms with van der Waals surface area (Å²) in [6.45, 7) is 14.2. The summed E-state index contributed by atoms with van der Waals surface area (Å²) in [4.78, 5) is 0. The van der Waals surface area contributed by atoms with Gasteiger partial charge in [0, 0.05) is 19.3 Å². The smallest absolute Gasteiger partial charge is 0.0641 e. The van der Waals surface area contributed by atoms with Crippen molar-refractivity contribution in [2.24, 2.45) is 5.41 Å². The Balaban J connectivity index is 1.84. The molecule has 22 heavy (non-hydrogen) atoms. The van der Waals surface area contributed by atoms with Crippen LogP contribution >= 0.6 is 0 Å². The Morgan fingerprint density at radius 1 is 1.00 bits per heavy atom. The zero-order chi connectivity index (χ0) is 16.3. The van der Waals surface area contributed by atoms with Crippen LogP contribution in [0.3, 0.4) is 0 Å². The van der Waals surface area contributed by atoms with Crippen LogP contribution in [0, 0.1) is 5.41 Å². The van der Waals surface area contributed by atoms with Gasteiger partial charge in [-0.15, -0.1) is 0 Å². The molecule has 0 amide bonds. The summed E-state index contributed by atoms with van der Waals surface area (Å²) in [5.41, 5.74) is 0.565. The van der Waals surface area contributed by atoms with E-state index in [4.69, 9.17) is 9.47 Å². The van der Waals surface area contributed by atoms with E-state index >= 15 is 0 Å². The summed E-state index contributed by atoms with van der Waals surface area (Å²) in [5.74, 6) is 0. The van der Waals surface area contributed by atoms with Gasteiger partial charge in [-0.3, -0.25) is 0 Å². The van der Waals surface area contributed by atoms with Crippen molar-refractivity contribution in [3.05, 3.63) is 0 Å². The van der Waals surface area contributed by atoms with Crippen LogP contribution in [0.5, 0.6) is 0 Å². The number of ether oxygens (including phenoxy) is 2. The normalized spacial score (nSPS) is 34.5. The lowest BCUT2D eigenvalue weighted by Crippen LogP contribution is -2.46. The second kappa shape index (κ2) is 7.19. The Morgan fingerprint density at radius 3 is 2.36 bits per heavy atom. The minimum Gasteiger partial charge on any atom is -0.376 e. The Labute approximate surface area is 137 Å². The Kier molecular flexibility index (Phi) is 5.95. The molecule has 0 spiro atoms. The third-order valence-electron chi connectivity index (χ3n) is 5.49. The standard InChI is InChI=1S/C19H37NO2/c1-6-8-19(10-13-22-18(4,5)15-19)9-11-20-16-7-12-21-17(2,3)14-16/h16,20H,6-15H2,1-5H3. The van der Waals surface area contributed by atoms with E-state index in [2.05, 4.69) is 39.9 Å². The molecule has 2 aliphatic rings. The van der Waals surface area contributed by atoms with Crippen LogP contribution in [0.2, 0.25) is 0 Å². The molecular weight excluding hydrogens is 274 g/mol. The fourth-order valence-corrected chi connectivity index (χ4v) is 4.62. The molecule has 3 heteroatoms. The van der Waals surface area contributed by atoms with Gasteiger partial charge in [0.05, 0.1) is 11.2 Å². The molecule has 2 atom stereocenters. The molecule has 0 saturated carbocycles. The Bertz CT molecular complexity index is 349. The first-order valence-corrected chi connectivity index (χ1v) is 9.27. The largest absolute Gasteiger partial charge is 0.376 e. The molecule has 2 rings (SSSR count). The lowest BCUT2D eigenvalue weighted by molar-refractivity contribution is -0.110. The molecule has 0 aromatic heterocycles. The molecule has 0 bridgehead atoms. The molecule has 0 aromatic rings. The second-order valence-electron chi connectivity index (χ2n) is 8.79. The topological polar surface area (TPSA) is 30.5 Å². The Hall–Kier alpha value is -0.120. The van der Waals surface area contributed by atoms with Crippen molar-refractivity contribution < 1.29 is 9.47 Å². The van der Waals surface area contributed by atoms with Crippen LogP contribution < -0.4 is 5.32 Å². The summed E-state index contributed by atoms with van der Waals surface area (Å²) < 4.78 is 11.8. The van der Waals surface area contributed by atoms with Crippen molar-refractivity contribution in [3.63, 3.8) is 0 Å². The maximum atomic E-state index is 5.95. The number of hydrogen-bond donors (Lipinski definition) is 1. The maximum Gasteiger partial charge on any atom is 0.0641 e. The highest BCUT2D eigenvalue weighted by atomic mass is 16.5. The van der Waals surface area contributed by atoms with Crippen LogP contribution in [0.25, 0.3) is 0 Å². The van der Waals surface area contributed by atoms with Crippen molar-refractivity contribution in [2.75, 3.05) is 19.8 Å². The zero-order valence-corrected chi connectivity index (χ0v) is 15.5. The van der Waals surface area contributed by atoms with Crippen molar-refractivity contribution >= 4 is 0 Å². The first-order valence-electron chi connectivity index (χ1n) is 9.27. The molecule has 2 heterocycles. The van der Waals surface area contributed by atoms with Crippen molar-refractivity contribution in [2.45, 2.75) is 96.8 Å². The van der Waals surface area contributed by atoms with Gasteiger partial charge < -0.3 is 14.8 Å². The van der Waals surface area contributed by atoms with E-state index in [1.54, 1.807) is 0 Å². The van der Waals surface area contributed by atoms with E-state index in [1.165, 1.54) is 32.1 Å². The van der Waals surface area contributed by atoms with E-state index in [0.717, 1.165) is 32.6 Å². The second-order valence-corrected chi connectivity index (χ2v) is 8.79. The average molecular weight is 312 g/mol. The molecule has 0 aliphatic carbocycles. The third kappa shape index (κ3) is 5.21. The van der Waals surface area contributed by atoms with Crippen molar-refractivity contribution in [1.29, 1.82) is 0 Å². The van der Waals surface area contributed by atoms with Gasteiger partial charge in [0.25, 0.3) is 0 Å². The molecular formula is C19H37NO2. The van der Waals surface area contributed by atoms with Crippen molar-refractivity contribution in [3.8, 4) is 0 Å². The summed E-state index contributed by atoms with van der Waals surface area (Å²) in [5, 5.41) is 3.81. The average Bonchev–Trinajstić information content (AvgIpc) is 2.36. The molecule has 3 nitrogen and oxygen atoms in total. The molecule has 2 unspecified atom stereocenters. The fraction of sp³-hybridized carbons (Fsp3) is 1.00. The van der Waals surface area contributed by atoms with E-state index in [9.17, 15) is 0 Å². The van der Waals surface area contributed by atoms with Gasteiger partial charge in [-0.25, -0.2) is 0 Å². The molecule has 130 valence electrons. The lowest BCUT2D eigenvalue weighted by Gasteiger charge is -2.45. The van der Waals surface area contributed by atoms with Crippen LogP contribution in [0.15, 0.2) is 0 Å². The van der Waals surface area contributed by atoms with Gasteiger partial charge in [0.1, 0.15) is 0 Å². The highest BCUT2D eigenvalue weighted by Gasteiger charge is 2.40. The van der Waals surface area contributed by atoms with Crippen LogP contribution in [-0.2, 0) is 9.47 Å². The summed E-state index contributed by atoms with van der Waals surface area (Å²) in [6, 6.07) is 0.621. The molecule has 0 aromatic carbocycles. The Morgan fingerprint density at radius 2 is 1.73 bits per heavy atom. The van der Waals surface area contributed by atoms with E-state index < -0.39 is 0 Å². The first kappa shape index (κ1) is 18.2. The first-order chi connectivity index (χ1) is 10.3. The fourth-order valence-electron chi connectivity index (χ4n) is 4.62. The SMILES string of the molecule is CCCC1(CCNC2CCOC(C)(C)C2)CCOC(C)(C)C1. The summed E-state index contributed by atoms with van der Waals surface area (Å²) in [7, 11) is 0. The van der Waals surface area contributed by atoms with Gasteiger partial charge in [0.2, 0.25) is 0 Å². The van der Waals surface area contributed by atoms with Crippen LogP contribution in [-0.4, -0.2) is 37.0 Å². The highest BCUT2D eigenvalue weighted by Crippen LogP contribution is 2.44. The summed E-state index contributed by atoms with van der Waals surface area (Å²) in [6.07, 6.45) is 8.60. The monoisotopic (exact) mass is 311 g/mol. The van der Waals surface area contributed by atoms with E-state index in [1.807, 2.05) is 0 Å². The highest BCUT2D eigenvalue weighted by molar-refractivity contribution is 4.91. The van der Waals surface area contributed by atoms with Gasteiger partial charge in [-0.1, -0.05) is 13.3 Å². The minimum atomic E-state index is 0.0394. The van der Waals surface area contributed by atoms with E-state index in [0.29, 0.717) is 11.5 Å². The zero-order valence-electron chi connectivity index (χ0n) is 15.5. The molecule has 0 radical (unpaired) electrons. The molecule has 2 fully saturated rings. The predicted molar refractivity (Wildman–Crippen MR) is 92.3 cm³/mol. The lowest BCUT2D eigenvalue weighted by atomic mass is 9.69. The number of hydrogen-bond acceptors (Lipinski definition) is 3. The van der Waals surface area contributed by atoms with Crippen LogP contribution in [0.4, 0.5) is 0 Å². The third-order valence-corrected chi connectivity index (χ3v) is 5.49. The quantitative estimate of drug-likeness (QED) is 0.793. The van der Waals surface area contributed by atoms with Gasteiger partial charge in [0.15, 0.2) is 0 Å². The molecule has 1 N–H and O–H groups in total. The minimum absolute atomic E-state index is 0.0394. The maximum absolute atomic E-state index is 5.95. The van der Waals surface area contributed by atoms with Gasteiger partial charge in [-0.2, -0.15) is 0 Å². The molecule has 2 aliphatic heterocycles. The van der Waals surface area contributed by atoms with Crippen molar-refractivity contribution in [1.82, 2.24) is 5.32 Å². The number of nitrogens with one attached hydrogen (secondary N) is 1. The molecule has 2 saturated heterocycles. The van der Waals surface area contributed by atoms with Gasteiger partial charge >= 0.3 is 0 Å². The predicted octanol–water partition coefficient (Wildman–Crippen LogP) is 4.30. The van der Waals surface area contributed by atoms with E-state index in [-0.39, 0.29) is 11.2 Å². The van der Waals surface area contributed by atoms with Gasteiger partial charge in [-0.05, 0) is 78.2 Å². The van der Waals surface area contributed by atoms with Crippen LogP contribution in [0.1, 0.15) is 79.6 Å². The summed E-state index contributed by atoms with van der Waals surface area (Å²) >= 11 is 0.